The van der Waals surface area contributed by atoms with Crippen LogP contribution in [0, 0.1) is 0 Å². The number of nitrogens with zero attached hydrogens (tertiary/aromatic N) is 2. The Hall–Kier alpha value is -2.82. The quantitative estimate of drug-likeness (QED) is 0.587. The largest absolute Gasteiger partial charge is 0.370 e. The predicted molar refractivity (Wildman–Crippen MR) is 97.7 cm³/mol. The van der Waals surface area contributed by atoms with Crippen molar-refractivity contribution < 1.29 is 0 Å². The minimum Gasteiger partial charge on any atom is -0.370 e. The fraction of sp³-hybridized carbons (Fsp3) is 0.222. The Morgan fingerprint density at radius 1 is 0.783 bits per heavy atom. The maximum Gasteiger partial charge on any atom is 0.223 e. The van der Waals surface area contributed by atoms with E-state index in [4.69, 9.17) is 17.2 Å². The number of aliphatic imine (C=N–C) groups is 2. The molecule has 0 aliphatic carbocycles. The van der Waals surface area contributed by atoms with Gasteiger partial charge in [0.2, 0.25) is 5.96 Å². The molecule has 0 bridgehead atoms. The summed E-state index contributed by atoms with van der Waals surface area (Å²) in [6, 6.07) is 16.3. The molecule has 120 valence electrons. The van der Waals surface area contributed by atoms with Crippen LogP contribution in [0.25, 0.3) is 11.1 Å². The Balaban J connectivity index is 2.21. The third-order valence-corrected chi connectivity index (χ3v) is 3.44. The molecule has 0 radical (unpaired) electrons. The molecule has 0 spiro atoms. The highest BCUT2D eigenvalue weighted by Crippen LogP contribution is 2.27. The monoisotopic (exact) mass is 309 g/mol. The van der Waals surface area contributed by atoms with Crippen molar-refractivity contribution >= 4 is 17.6 Å². The van der Waals surface area contributed by atoms with E-state index < -0.39 is 0 Å². The van der Waals surface area contributed by atoms with Gasteiger partial charge in [-0.15, -0.1) is 0 Å². The van der Waals surface area contributed by atoms with E-state index in [-0.39, 0.29) is 17.3 Å². The highest BCUT2D eigenvalue weighted by atomic mass is 15.1. The van der Waals surface area contributed by atoms with Crippen LogP contribution >= 0.6 is 0 Å². The van der Waals surface area contributed by atoms with E-state index in [9.17, 15) is 0 Å². The van der Waals surface area contributed by atoms with Gasteiger partial charge in [0.15, 0.2) is 5.96 Å². The van der Waals surface area contributed by atoms with E-state index in [1.165, 1.54) is 5.56 Å². The van der Waals surface area contributed by atoms with Crippen molar-refractivity contribution in [1.82, 2.24) is 0 Å². The average Bonchev–Trinajstić information content (AvgIpc) is 2.46. The van der Waals surface area contributed by atoms with Crippen LogP contribution in [0.1, 0.15) is 26.3 Å². The van der Waals surface area contributed by atoms with Gasteiger partial charge in [-0.1, -0.05) is 57.2 Å². The minimum atomic E-state index is -0.109. The summed E-state index contributed by atoms with van der Waals surface area (Å²) in [5, 5.41) is 0. The number of benzene rings is 2. The highest BCUT2D eigenvalue weighted by Gasteiger charge is 2.12. The number of nitrogens with two attached hydrogens (primary N) is 3. The molecule has 0 saturated carbocycles. The van der Waals surface area contributed by atoms with Gasteiger partial charge in [0.05, 0.1) is 5.69 Å². The molecule has 0 atom stereocenters. The molecule has 0 aliphatic rings. The van der Waals surface area contributed by atoms with E-state index in [1.807, 2.05) is 24.3 Å². The lowest BCUT2D eigenvalue weighted by Gasteiger charge is -2.19. The standard InChI is InChI=1S/C18H23N5/c1-18(2,3)14-8-4-12(5-9-14)13-6-10-15(11-7-13)22-17(21)23-16(19)20/h4-11H,1-3H3,(H6,19,20,21,22,23). The summed E-state index contributed by atoms with van der Waals surface area (Å²) < 4.78 is 0. The molecular formula is C18H23N5. The van der Waals surface area contributed by atoms with E-state index in [1.54, 1.807) is 0 Å². The summed E-state index contributed by atoms with van der Waals surface area (Å²) in [5.41, 5.74) is 20.6. The second-order valence-corrected chi connectivity index (χ2v) is 6.38. The highest BCUT2D eigenvalue weighted by molar-refractivity contribution is 5.93. The molecule has 23 heavy (non-hydrogen) atoms. The molecule has 5 heteroatoms. The number of hydrogen-bond donors (Lipinski definition) is 3. The molecule has 2 aromatic carbocycles. The Kier molecular flexibility index (Phi) is 4.69. The van der Waals surface area contributed by atoms with Crippen molar-refractivity contribution in [2.75, 3.05) is 0 Å². The number of rotatable bonds is 2. The van der Waals surface area contributed by atoms with Crippen LogP contribution in [0.3, 0.4) is 0 Å². The van der Waals surface area contributed by atoms with Crippen LogP contribution in [-0.4, -0.2) is 11.9 Å². The zero-order valence-corrected chi connectivity index (χ0v) is 13.7. The van der Waals surface area contributed by atoms with Crippen LogP contribution in [0.4, 0.5) is 5.69 Å². The van der Waals surface area contributed by atoms with Gasteiger partial charge in [-0.2, -0.15) is 4.99 Å². The summed E-state index contributed by atoms with van der Waals surface area (Å²) in [4.78, 5) is 7.81. The summed E-state index contributed by atoms with van der Waals surface area (Å²) in [6.45, 7) is 6.61. The Bertz CT molecular complexity index is 716. The molecule has 0 fully saturated rings. The van der Waals surface area contributed by atoms with E-state index in [2.05, 4.69) is 55.0 Å². The first-order valence-corrected chi connectivity index (χ1v) is 7.40. The van der Waals surface area contributed by atoms with Crippen LogP contribution < -0.4 is 17.2 Å². The zero-order chi connectivity index (χ0) is 17.0. The zero-order valence-electron chi connectivity index (χ0n) is 13.7. The molecule has 0 saturated heterocycles. The van der Waals surface area contributed by atoms with Crippen LogP contribution in [0.15, 0.2) is 58.5 Å². The average molecular weight is 309 g/mol. The fourth-order valence-corrected chi connectivity index (χ4v) is 2.18. The third-order valence-electron chi connectivity index (χ3n) is 3.44. The van der Waals surface area contributed by atoms with Gasteiger partial charge in [-0.3, -0.25) is 0 Å². The predicted octanol–water partition coefficient (Wildman–Crippen LogP) is 2.87. The SMILES string of the molecule is CC(C)(C)c1ccc(-c2ccc(N=C(N)N=C(N)N)cc2)cc1. The van der Waals surface area contributed by atoms with Gasteiger partial charge in [0.25, 0.3) is 0 Å². The second kappa shape index (κ2) is 6.52. The molecule has 0 heterocycles. The van der Waals surface area contributed by atoms with Crippen molar-refractivity contribution in [1.29, 1.82) is 0 Å². The molecule has 2 aromatic rings. The van der Waals surface area contributed by atoms with Crippen LogP contribution in [-0.2, 0) is 5.41 Å². The topological polar surface area (TPSA) is 103 Å². The summed E-state index contributed by atoms with van der Waals surface area (Å²) >= 11 is 0. The van der Waals surface area contributed by atoms with Gasteiger partial charge in [0.1, 0.15) is 0 Å². The van der Waals surface area contributed by atoms with Gasteiger partial charge in [-0.25, -0.2) is 4.99 Å². The number of hydrogen-bond acceptors (Lipinski definition) is 1. The van der Waals surface area contributed by atoms with Crippen LogP contribution in [0.2, 0.25) is 0 Å². The van der Waals surface area contributed by atoms with Crippen molar-refractivity contribution in [3.8, 4) is 11.1 Å². The van der Waals surface area contributed by atoms with Gasteiger partial charge in [-0.05, 0) is 34.2 Å². The fourth-order valence-electron chi connectivity index (χ4n) is 2.18. The van der Waals surface area contributed by atoms with Gasteiger partial charge in [0, 0.05) is 0 Å². The Labute approximate surface area is 136 Å². The molecule has 5 nitrogen and oxygen atoms in total. The lowest BCUT2D eigenvalue weighted by Crippen LogP contribution is -2.26. The van der Waals surface area contributed by atoms with Gasteiger partial charge >= 0.3 is 0 Å². The van der Waals surface area contributed by atoms with Crippen LogP contribution in [0.5, 0.6) is 0 Å². The lowest BCUT2D eigenvalue weighted by molar-refractivity contribution is 0.590. The van der Waals surface area contributed by atoms with Crippen molar-refractivity contribution in [3.05, 3.63) is 54.1 Å². The first-order valence-electron chi connectivity index (χ1n) is 7.40. The first-order chi connectivity index (χ1) is 10.8. The maximum atomic E-state index is 5.62. The minimum absolute atomic E-state index is 0.0345. The third kappa shape index (κ3) is 4.57. The second-order valence-electron chi connectivity index (χ2n) is 6.38. The summed E-state index contributed by atoms with van der Waals surface area (Å²) in [7, 11) is 0. The van der Waals surface area contributed by atoms with E-state index >= 15 is 0 Å². The molecule has 0 amide bonds. The summed E-state index contributed by atoms with van der Waals surface area (Å²) in [5.74, 6) is -0.0749. The molecule has 0 aromatic heterocycles. The number of guanidine groups is 2. The van der Waals surface area contributed by atoms with Crippen molar-refractivity contribution in [2.45, 2.75) is 26.2 Å². The molecule has 2 rings (SSSR count). The van der Waals surface area contributed by atoms with E-state index in [0.29, 0.717) is 5.69 Å². The molecular weight excluding hydrogens is 286 g/mol. The van der Waals surface area contributed by atoms with Crippen molar-refractivity contribution in [3.63, 3.8) is 0 Å². The smallest absolute Gasteiger partial charge is 0.223 e. The molecule has 0 unspecified atom stereocenters. The van der Waals surface area contributed by atoms with Gasteiger partial charge < -0.3 is 17.2 Å². The Morgan fingerprint density at radius 3 is 1.70 bits per heavy atom. The van der Waals surface area contributed by atoms with E-state index in [0.717, 1.165) is 11.1 Å². The van der Waals surface area contributed by atoms with Crippen molar-refractivity contribution in [2.24, 2.45) is 27.2 Å². The summed E-state index contributed by atoms with van der Waals surface area (Å²) in [6.07, 6.45) is 0. The molecule has 0 aliphatic heterocycles. The molecule has 6 N–H and O–H groups in total. The lowest BCUT2D eigenvalue weighted by atomic mass is 9.86. The Morgan fingerprint density at radius 2 is 1.26 bits per heavy atom. The first kappa shape index (κ1) is 16.5. The normalized spacial score (nSPS) is 12.0. The maximum absolute atomic E-state index is 5.62.